The summed E-state index contributed by atoms with van der Waals surface area (Å²) in [5, 5.41) is 29.6. The number of carbonyl (C=O) groups is 2. The van der Waals surface area contributed by atoms with Gasteiger partial charge in [-0.1, -0.05) is 18.2 Å². The van der Waals surface area contributed by atoms with Gasteiger partial charge >= 0.3 is 0 Å². The molecule has 202 valence electrons. The van der Waals surface area contributed by atoms with Crippen LogP contribution in [0.25, 0.3) is 5.69 Å². The number of likely N-dealkylation sites (tertiary alicyclic amines) is 1. The van der Waals surface area contributed by atoms with Crippen LogP contribution in [0.4, 0.5) is 11.4 Å². The summed E-state index contributed by atoms with van der Waals surface area (Å²) >= 11 is 0. The molecular formula is C27H24N8O5. The molecule has 3 aromatic rings. The lowest BCUT2D eigenvalue weighted by atomic mass is 10.1. The lowest BCUT2D eigenvalue weighted by Crippen LogP contribution is -2.42. The van der Waals surface area contributed by atoms with Gasteiger partial charge in [-0.2, -0.15) is 5.26 Å². The van der Waals surface area contributed by atoms with Crippen molar-refractivity contribution in [3.05, 3.63) is 97.3 Å². The number of azo groups is 1. The third-order valence-corrected chi connectivity index (χ3v) is 7.04. The second-order valence-electron chi connectivity index (χ2n) is 9.37. The molecule has 0 spiro atoms. The van der Waals surface area contributed by atoms with Crippen molar-refractivity contribution in [1.29, 1.82) is 5.26 Å². The molecule has 40 heavy (non-hydrogen) atoms. The van der Waals surface area contributed by atoms with Crippen molar-refractivity contribution in [2.24, 2.45) is 17.3 Å². The minimum Gasteiger partial charge on any atom is -0.355 e. The summed E-state index contributed by atoms with van der Waals surface area (Å²) in [7, 11) is 1.70. The Balaban J connectivity index is 1.62. The molecule has 0 N–H and O–H groups in total. The Kier molecular flexibility index (Phi) is 6.83. The van der Waals surface area contributed by atoms with Gasteiger partial charge in [-0.15, -0.1) is 10.2 Å². The molecule has 2 aliphatic rings. The number of carbonyl (C=O) groups excluding carboxylic acids is 2. The number of fused-ring (bicyclic) bond motifs is 1. The maximum absolute atomic E-state index is 13.5. The molecule has 1 aromatic heterocycles. The molecule has 1 fully saturated rings. The average Bonchev–Trinajstić information content (AvgIpc) is 3.34. The number of hydrogen-bond acceptors (Lipinski definition) is 9. The topological polar surface area (TPSA) is 159 Å². The Hall–Kier alpha value is -5.38. The van der Waals surface area contributed by atoms with Gasteiger partial charge in [0.25, 0.3) is 23.1 Å². The Labute approximate surface area is 228 Å². The Morgan fingerprint density at radius 1 is 1.00 bits per heavy atom. The quantitative estimate of drug-likeness (QED) is 0.150. The van der Waals surface area contributed by atoms with E-state index in [1.807, 2.05) is 12.1 Å². The van der Waals surface area contributed by atoms with Gasteiger partial charge in [-0.05, 0) is 44.4 Å². The van der Waals surface area contributed by atoms with Crippen LogP contribution in [0, 0.1) is 28.4 Å². The van der Waals surface area contributed by atoms with Gasteiger partial charge in [0.1, 0.15) is 6.07 Å². The first-order chi connectivity index (χ1) is 19.2. The fourth-order valence-electron chi connectivity index (χ4n) is 4.92. The van der Waals surface area contributed by atoms with Gasteiger partial charge in [-0.25, -0.2) is 9.58 Å². The lowest BCUT2D eigenvalue weighted by Gasteiger charge is -2.34. The van der Waals surface area contributed by atoms with E-state index in [0.717, 1.165) is 36.3 Å². The highest BCUT2D eigenvalue weighted by Crippen LogP contribution is 2.33. The summed E-state index contributed by atoms with van der Waals surface area (Å²) in [6, 6.07) is 14.3. The molecular weight excluding hydrogens is 516 g/mol. The fraction of sp³-hybridized carbons (Fsp3) is 0.259. The van der Waals surface area contributed by atoms with E-state index >= 15 is 0 Å². The smallest absolute Gasteiger partial charge is 0.299 e. The number of allylic oxidation sites excluding steroid dienone is 1. The second kappa shape index (κ2) is 10.4. The van der Waals surface area contributed by atoms with Crippen molar-refractivity contribution >= 4 is 23.2 Å². The zero-order valence-electron chi connectivity index (χ0n) is 21.8. The summed E-state index contributed by atoms with van der Waals surface area (Å²) < 4.78 is 3.03. The Bertz CT molecular complexity index is 1700. The van der Waals surface area contributed by atoms with E-state index in [0.29, 0.717) is 24.5 Å². The highest BCUT2D eigenvalue weighted by atomic mass is 16.6. The van der Waals surface area contributed by atoms with Gasteiger partial charge in [-0.3, -0.25) is 29.2 Å². The summed E-state index contributed by atoms with van der Waals surface area (Å²) in [5.74, 6) is -1.58. The van der Waals surface area contributed by atoms with Crippen LogP contribution in [-0.2, 0) is 7.05 Å². The van der Waals surface area contributed by atoms with Crippen molar-refractivity contribution in [2.45, 2.75) is 26.2 Å². The maximum atomic E-state index is 13.5. The molecule has 5 rings (SSSR count). The third kappa shape index (κ3) is 4.35. The largest absolute Gasteiger partial charge is 0.355 e. The van der Waals surface area contributed by atoms with Crippen molar-refractivity contribution in [1.82, 2.24) is 19.2 Å². The maximum Gasteiger partial charge on any atom is 0.299 e. The minimum atomic E-state index is -0.797. The molecule has 1 saturated heterocycles. The number of para-hydroxylation sites is 1. The molecule has 0 saturated carbocycles. The first kappa shape index (κ1) is 26.2. The van der Waals surface area contributed by atoms with Crippen molar-refractivity contribution in [2.75, 3.05) is 13.1 Å². The van der Waals surface area contributed by atoms with Crippen LogP contribution in [0.15, 0.2) is 75.1 Å². The van der Waals surface area contributed by atoms with Gasteiger partial charge in [0, 0.05) is 32.3 Å². The molecule has 13 nitrogen and oxygen atoms in total. The lowest BCUT2D eigenvalue weighted by molar-refractivity contribution is -0.384. The molecule has 3 heterocycles. The van der Waals surface area contributed by atoms with Crippen LogP contribution in [0.3, 0.4) is 0 Å². The number of hydrogen-bond donors (Lipinski definition) is 0. The third-order valence-electron chi connectivity index (χ3n) is 7.04. The van der Waals surface area contributed by atoms with Gasteiger partial charge < -0.3 is 4.90 Å². The highest BCUT2D eigenvalue weighted by molar-refractivity contribution is 6.22. The second-order valence-corrected chi connectivity index (χ2v) is 9.37. The first-order valence-electron chi connectivity index (χ1n) is 12.6. The number of nitriles is 1. The standard InChI is InChI=1S/C27H24N8O5/c1-17-23(27(38)34(31(17)2)18-9-5-3-6-10-18)30-29-22(16-28)24(32-13-7-4-8-14-32)33-25(36)20-12-11-19(35(39)40)15-21(20)26(33)37/h3,5-6,9-12,15H,4,7-8,13-14H2,1-2H3/b24-22+,30-29?. The fourth-order valence-corrected chi connectivity index (χ4v) is 4.92. The molecule has 0 bridgehead atoms. The van der Waals surface area contributed by atoms with E-state index in [1.54, 1.807) is 47.8 Å². The molecule has 2 aromatic carbocycles. The van der Waals surface area contributed by atoms with E-state index in [2.05, 4.69) is 10.2 Å². The van der Waals surface area contributed by atoms with Crippen LogP contribution >= 0.6 is 0 Å². The molecule has 2 aliphatic heterocycles. The molecule has 0 aliphatic carbocycles. The zero-order chi connectivity index (χ0) is 28.6. The number of non-ortho nitro benzene ring substituents is 1. The Morgan fingerprint density at radius 2 is 1.68 bits per heavy atom. The molecule has 0 radical (unpaired) electrons. The van der Waals surface area contributed by atoms with Gasteiger partial charge in [0.15, 0.2) is 11.5 Å². The van der Waals surface area contributed by atoms with E-state index in [1.165, 1.54) is 10.7 Å². The molecule has 0 unspecified atom stereocenters. The number of rotatable bonds is 6. The van der Waals surface area contributed by atoms with Crippen molar-refractivity contribution in [3.8, 4) is 11.8 Å². The summed E-state index contributed by atoms with van der Waals surface area (Å²) in [4.78, 5) is 53.3. The summed E-state index contributed by atoms with van der Waals surface area (Å²) in [6.45, 7) is 2.59. The molecule has 0 atom stereocenters. The summed E-state index contributed by atoms with van der Waals surface area (Å²) in [6.07, 6.45) is 2.45. The van der Waals surface area contributed by atoms with Crippen LogP contribution < -0.4 is 5.56 Å². The normalized spacial score (nSPS) is 15.8. The predicted molar refractivity (Wildman–Crippen MR) is 142 cm³/mol. The van der Waals surface area contributed by atoms with Crippen molar-refractivity contribution < 1.29 is 14.5 Å². The van der Waals surface area contributed by atoms with Crippen LogP contribution in [-0.4, -0.2) is 49.0 Å². The SMILES string of the molecule is Cc1c(N=N/C(C#N)=C(\N2CCCCC2)N2C(=O)c3ccc([N+](=O)[O-])cc3C2=O)c(=O)n(-c2ccccc2)n1C. The number of benzene rings is 2. The number of imide groups is 1. The first-order valence-corrected chi connectivity index (χ1v) is 12.6. The van der Waals surface area contributed by atoms with Crippen LogP contribution in [0.1, 0.15) is 45.7 Å². The number of nitro groups is 1. The monoisotopic (exact) mass is 540 g/mol. The number of aromatic nitrogens is 2. The zero-order valence-corrected chi connectivity index (χ0v) is 21.8. The van der Waals surface area contributed by atoms with Crippen LogP contribution in [0.5, 0.6) is 0 Å². The van der Waals surface area contributed by atoms with E-state index in [4.69, 9.17) is 0 Å². The predicted octanol–water partition coefficient (Wildman–Crippen LogP) is 3.95. The number of piperidine rings is 1. The highest BCUT2D eigenvalue weighted by Gasteiger charge is 2.42. The van der Waals surface area contributed by atoms with E-state index in [9.17, 15) is 29.8 Å². The van der Waals surface area contributed by atoms with Gasteiger partial charge in [0.05, 0.1) is 27.4 Å². The van der Waals surface area contributed by atoms with Crippen molar-refractivity contribution in [3.63, 3.8) is 0 Å². The minimum absolute atomic E-state index is 0.00455. The van der Waals surface area contributed by atoms with E-state index in [-0.39, 0.29) is 34.0 Å². The summed E-state index contributed by atoms with van der Waals surface area (Å²) in [5.41, 5.74) is -0.168. The molecule has 13 heteroatoms. The van der Waals surface area contributed by atoms with Crippen LogP contribution in [0.2, 0.25) is 0 Å². The van der Waals surface area contributed by atoms with Gasteiger partial charge in [0.2, 0.25) is 5.70 Å². The number of nitro benzene ring substituents is 1. The number of amides is 2. The van der Waals surface area contributed by atoms with E-state index < -0.39 is 22.3 Å². The number of nitrogens with zero attached hydrogens (tertiary/aromatic N) is 8. The average molecular weight is 541 g/mol. The Morgan fingerprint density at radius 3 is 2.33 bits per heavy atom. The molecule has 2 amide bonds.